The minimum absolute atomic E-state index is 0.00529. The van der Waals surface area contributed by atoms with Crippen LogP contribution in [-0.4, -0.2) is 40.9 Å². The first kappa shape index (κ1) is 10.9. The molecule has 0 spiro atoms. The van der Waals surface area contributed by atoms with E-state index in [1.54, 1.807) is 11.9 Å². The van der Waals surface area contributed by atoms with Crippen LogP contribution in [0.5, 0.6) is 0 Å². The van der Waals surface area contributed by atoms with Crippen LogP contribution in [0.15, 0.2) is 0 Å². The molecule has 0 saturated heterocycles. The van der Waals surface area contributed by atoms with E-state index in [1.807, 2.05) is 0 Å². The van der Waals surface area contributed by atoms with E-state index in [1.165, 1.54) is 0 Å². The average Bonchev–Trinajstić information content (AvgIpc) is 2.16. The smallest absolute Gasteiger partial charge is 0.232 e. The second-order valence-electron chi connectivity index (χ2n) is 3.58. The van der Waals surface area contributed by atoms with Crippen molar-refractivity contribution in [2.75, 3.05) is 12.8 Å². The normalized spacial score (nSPS) is 28.5. The van der Waals surface area contributed by atoms with Crippen LogP contribution in [0.4, 0.5) is 0 Å². The first-order chi connectivity index (χ1) is 6.16. The Hall–Kier alpha value is -0.220. The van der Waals surface area contributed by atoms with Gasteiger partial charge in [-0.25, -0.2) is 0 Å². The van der Waals surface area contributed by atoms with E-state index >= 15 is 0 Å². The third-order valence-corrected chi connectivity index (χ3v) is 2.99. The predicted octanol–water partition coefficient (Wildman–Crippen LogP) is 0.678. The molecule has 76 valence electrons. The maximum atomic E-state index is 11.3. The molecule has 1 rings (SSSR count). The Kier molecular flexibility index (Phi) is 4.06. The summed E-state index contributed by atoms with van der Waals surface area (Å²) in [4.78, 5) is 12.9. The van der Waals surface area contributed by atoms with Crippen LogP contribution >= 0.6 is 12.6 Å². The molecule has 13 heavy (non-hydrogen) atoms. The van der Waals surface area contributed by atoms with E-state index in [0.717, 1.165) is 25.7 Å². The summed E-state index contributed by atoms with van der Waals surface area (Å²) in [7, 11) is 1.75. The van der Waals surface area contributed by atoms with Crippen molar-refractivity contribution in [1.29, 1.82) is 0 Å². The third-order valence-electron chi connectivity index (χ3n) is 2.72. The largest absolute Gasteiger partial charge is 0.391 e. The summed E-state index contributed by atoms with van der Waals surface area (Å²) in [6.45, 7) is 0. The van der Waals surface area contributed by atoms with Gasteiger partial charge in [0.1, 0.15) is 0 Å². The highest BCUT2D eigenvalue weighted by molar-refractivity contribution is 7.81. The van der Waals surface area contributed by atoms with Gasteiger partial charge in [0.05, 0.1) is 17.9 Å². The molecule has 0 aromatic heterocycles. The summed E-state index contributed by atoms with van der Waals surface area (Å²) in [6.07, 6.45) is 3.56. The maximum absolute atomic E-state index is 11.3. The van der Waals surface area contributed by atoms with Crippen molar-refractivity contribution in [3.05, 3.63) is 0 Å². The molecule has 0 aromatic carbocycles. The SMILES string of the molecule is CN(C(=O)CS)C1CCCCC1O. The Labute approximate surface area is 84.5 Å². The van der Waals surface area contributed by atoms with Gasteiger partial charge in [0, 0.05) is 7.05 Å². The van der Waals surface area contributed by atoms with Crippen LogP contribution in [0, 0.1) is 0 Å². The van der Waals surface area contributed by atoms with Crippen LogP contribution in [0.25, 0.3) is 0 Å². The molecule has 0 aromatic rings. The molecule has 3 nitrogen and oxygen atoms in total. The summed E-state index contributed by atoms with van der Waals surface area (Å²) in [6, 6.07) is 0.00778. The molecule has 2 atom stereocenters. The quantitative estimate of drug-likeness (QED) is 0.648. The van der Waals surface area contributed by atoms with Crippen molar-refractivity contribution in [2.24, 2.45) is 0 Å². The van der Waals surface area contributed by atoms with Crippen LogP contribution in [0.1, 0.15) is 25.7 Å². The van der Waals surface area contributed by atoms with E-state index in [2.05, 4.69) is 12.6 Å². The second-order valence-corrected chi connectivity index (χ2v) is 3.90. The zero-order valence-electron chi connectivity index (χ0n) is 7.94. The number of carbonyl (C=O) groups excluding carboxylic acids is 1. The summed E-state index contributed by atoms with van der Waals surface area (Å²) in [5.41, 5.74) is 0. The number of aliphatic hydroxyl groups excluding tert-OH is 1. The summed E-state index contributed by atoms with van der Waals surface area (Å²) < 4.78 is 0. The first-order valence-electron chi connectivity index (χ1n) is 4.71. The molecule has 1 fully saturated rings. The highest BCUT2D eigenvalue weighted by Gasteiger charge is 2.28. The lowest BCUT2D eigenvalue weighted by Gasteiger charge is -2.34. The van der Waals surface area contributed by atoms with E-state index < -0.39 is 0 Å². The molecule has 0 radical (unpaired) electrons. The Morgan fingerprint density at radius 2 is 2.15 bits per heavy atom. The Morgan fingerprint density at radius 3 is 2.69 bits per heavy atom. The molecule has 1 saturated carbocycles. The zero-order chi connectivity index (χ0) is 9.84. The topological polar surface area (TPSA) is 40.5 Å². The van der Waals surface area contributed by atoms with Gasteiger partial charge in [0.25, 0.3) is 0 Å². The zero-order valence-corrected chi connectivity index (χ0v) is 8.83. The fourth-order valence-electron chi connectivity index (χ4n) is 1.84. The van der Waals surface area contributed by atoms with Gasteiger partial charge >= 0.3 is 0 Å². The number of hydrogen-bond donors (Lipinski definition) is 2. The number of nitrogens with zero attached hydrogens (tertiary/aromatic N) is 1. The minimum Gasteiger partial charge on any atom is -0.391 e. The van der Waals surface area contributed by atoms with Gasteiger partial charge in [-0.15, -0.1) is 0 Å². The summed E-state index contributed by atoms with van der Waals surface area (Å²) in [5, 5.41) is 9.66. The number of thiol groups is 1. The Morgan fingerprint density at radius 1 is 1.54 bits per heavy atom. The van der Waals surface area contributed by atoms with Gasteiger partial charge in [-0.1, -0.05) is 12.8 Å². The van der Waals surface area contributed by atoms with Crippen LogP contribution in [-0.2, 0) is 4.79 Å². The minimum atomic E-state index is -0.345. The van der Waals surface area contributed by atoms with Gasteiger partial charge in [0.15, 0.2) is 0 Å². The second kappa shape index (κ2) is 4.86. The summed E-state index contributed by atoms with van der Waals surface area (Å²) >= 11 is 3.93. The molecular formula is C9H17NO2S. The fraction of sp³-hybridized carbons (Fsp3) is 0.889. The molecule has 4 heteroatoms. The number of carbonyl (C=O) groups is 1. The van der Waals surface area contributed by atoms with Crippen LogP contribution in [0.3, 0.4) is 0 Å². The van der Waals surface area contributed by atoms with Crippen molar-refractivity contribution in [1.82, 2.24) is 4.90 Å². The molecule has 0 bridgehead atoms. The lowest BCUT2D eigenvalue weighted by molar-refractivity contribution is -0.132. The van der Waals surface area contributed by atoms with E-state index in [0.29, 0.717) is 0 Å². The van der Waals surface area contributed by atoms with E-state index in [4.69, 9.17) is 0 Å². The maximum Gasteiger partial charge on any atom is 0.232 e. The monoisotopic (exact) mass is 203 g/mol. The predicted molar refractivity (Wildman–Crippen MR) is 54.9 cm³/mol. The van der Waals surface area contributed by atoms with Gasteiger partial charge < -0.3 is 10.0 Å². The molecule has 1 aliphatic rings. The van der Waals surface area contributed by atoms with E-state index in [-0.39, 0.29) is 23.8 Å². The van der Waals surface area contributed by atoms with Crippen molar-refractivity contribution < 1.29 is 9.90 Å². The Bertz CT molecular complexity index is 186. The molecule has 0 heterocycles. The summed E-state index contributed by atoms with van der Waals surface area (Å²) in [5.74, 6) is 0.217. The number of aliphatic hydroxyl groups is 1. The number of amides is 1. The lowest BCUT2D eigenvalue weighted by Crippen LogP contribution is -2.46. The molecule has 1 N–H and O–H groups in total. The van der Waals surface area contributed by atoms with Crippen molar-refractivity contribution in [3.8, 4) is 0 Å². The Balaban J connectivity index is 2.53. The number of hydrogen-bond acceptors (Lipinski definition) is 3. The van der Waals surface area contributed by atoms with Crippen LogP contribution < -0.4 is 0 Å². The average molecular weight is 203 g/mol. The molecule has 1 aliphatic carbocycles. The number of rotatable bonds is 2. The molecule has 2 unspecified atom stereocenters. The van der Waals surface area contributed by atoms with Gasteiger partial charge in [-0.2, -0.15) is 12.6 Å². The standard InChI is InChI=1S/C9H17NO2S/c1-10(9(12)6-13)7-4-2-3-5-8(7)11/h7-8,11,13H,2-6H2,1H3. The van der Waals surface area contributed by atoms with Gasteiger partial charge in [-0.05, 0) is 12.8 Å². The number of likely N-dealkylation sites (N-methyl/N-ethyl adjacent to an activating group) is 1. The highest BCUT2D eigenvalue weighted by atomic mass is 32.1. The van der Waals surface area contributed by atoms with Gasteiger partial charge in [-0.3, -0.25) is 4.79 Å². The van der Waals surface area contributed by atoms with Crippen molar-refractivity contribution in [3.63, 3.8) is 0 Å². The highest BCUT2D eigenvalue weighted by Crippen LogP contribution is 2.22. The fourth-order valence-corrected chi connectivity index (χ4v) is 2.06. The first-order valence-corrected chi connectivity index (χ1v) is 5.34. The van der Waals surface area contributed by atoms with Gasteiger partial charge in [0.2, 0.25) is 5.91 Å². The molecular weight excluding hydrogens is 186 g/mol. The van der Waals surface area contributed by atoms with Crippen molar-refractivity contribution in [2.45, 2.75) is 37.8 Å². The van der Waals surface area contributed by atoms with E-state index in [9.17, 15) is 9.90 Å². The third kappa shape index (κ3) is 2.61. The van der Waals surface area contributed by atoms with Crippen molar-refractivity contribution >= 4 is 18.5 Å². The molecule has 0 aliphatic heterocycles. The molecule has 1 amide bonds. The lowest BCUT2D eigenvalue weighted by atomic mass is 9.91. The van der Waals surface area contributed by atoms with Crippen LogP contribution in [0.2, 0.25) is 0 Å².